The van der Waals surface area contributed by atoms with Gasteiger partial charge in [0, 0.05) is 23.2 Å². The van der Waals surface area contributed by atoms with Crippen molar-refractivity contribution in [2.24, 2.45) is 0 Å². The summed E-state index contributed by atoms with van der Waals surface area (Å²) in [6.07, 6.45) is -0.895. The average molecular weight is 322 g/mol. The second-order valence-electron chi connectivity index (χ2n) is 4.65. The lowest BCUT2D eigenvalue weighted by Gasteiger charge is -2.21. The maximum Gasteiger partial charge on any atom is 0.261 e. The van der Waals surface area contributed by atoms with Crippen LogP contribution in [0.4, 0.5) is 8.78 Å². The molecule has 0 aliphatic heterocycles. The third-order valence-electron chi connectivity index (χ3n) is 3.00. The van der Waals surface area contributed by atoms with E-state index in [2.05, 4.69) is 12.2 Å². The molecule has 1 atom stereocenters. The van der Waals surface area contributed by atoms with E-state index in [-0.39, 0.29) is 12.6 Å². The summed E-state index contributed by atoms with van der Waals surface area (Å²) >= 11 is 6.04. The first-order valence-corrected chi connectivity index (χ1v) is 7.39. The van der Waals surface area contributed by atoms with Crippen molar-refractivity contribution >= 4 is 11.6 Å². The SMILES string of the molecule is CCCNC(CCOCC(F)F)c1cc(Cl)ccc1OC. The number of rotatable bonds is 10. The van der Waals surface area contributed by atoms with Gasteiger partial charge in [-0.3, -0.25) is 0 Å². The van der Waals surface area contributed by atoms with E-state index in [0.717, 1.165) is 24.3 Å². The Balaban J connectivity index is 2.73. The van der Waals surface area contributed by atoms with E-state index >= 15 is 0 Å². The van der Waals surface area contributed by atoms with Crippen LogP contribution in [0.1, 0.15) is 31.4 Å². The number of benzene rings is 1. The molecular weight excluding hydrogens is 300 g/mol. The number of halogens is 3. The molecule has 3 nitrogen and oxygen atoms in total. The molecule has 0 radical (unpaired) electrons. The molecule has 1 aromatic rings. The van der Waals surface area contributed by atoms with Gasteiger partial charge in [0.15, 0.2) is 0 Å². The number of hydrogen-bond donors (Lipinski definition) is 1. The van der Waals surface area contributed by atoms with E-state index in [1.54, 1.807) is 19.2 Å². The summed E-state index contributed by atoms with van der Waals surface area (Å²) in [5.41, 5.74) is 0.916. The lowest BCUT2D eigenvalue weighted by molar-refractivity contribution is 0.0143. The molecule has 21 heavy (non-hydrogen) atoms. The lowest BCUT2D eigenvalue weighted by atomic mass is 10.0. The van der Waals surface area contributed by atoms with E-state index in [4.69, 9.17) is 21.1 Å². The maximum absolute atomic E-state index is 12.1. The molecule has 6 heteroatoms. The zero-order valence-electron chi connectivity index (χ0n) is 12.4. The Bertz CT molecular complexity index is 419. The molecule has 0 heterocycles. The molecule has 0 fully saturated rings. The van der Waals surface area contributed by atoms with Gasteiger partial charge in [-0.2, -0.15) is 0 Å². The quantitative estimate of drug-likeness (QED) is 0.659. The van der Waals surface area contributed by atoms with Crippen LogP contribution in [0.5, 0.6) is 5.75 Å². The second-order valence-corrected chi connectivity index (χ2v) is 5.08. The van der Waals surface area contributed by atoms with Crippen LogP contribution in [0.3, 0.4) is 0 Å². The highest BCUT2D eigenvalue weighted by Gasteiger charge is 2.16. The smallest absolute Gasteiger partial charge is 0.261 e. The van der Waals surface area contributed by atoms with Crippen molar-refractivity contribution in [2.45, 2.75) is 32.2 Å². The fraction of sp³-hybridized carbons (Fsp3) is 0.600. The molecule has 1 aromatic carbocycles. The summed E-state index contributed by atoms with van der Waals surface area (Å²) in [6.45, 7) is 2.59. The molecule has 0 amide bonds. The van der Waals surface area contributed by atoms with Gasteiger partial charge in [0.2, 0.25) is 0 Å². The van der Waals surface area contributed by atoms with Crippen molar-refractivity contribution in [1.82, 2.24) is 5.32 Å². The van der Waals surface area contributed by atoms with Gasteiger partial charge in [-0.25, -0.2) is 8.78 Å². The average Bonchev–Trinajstić information content (AvgIpc) is 2.46. The molecule has 0 bridgehead atoms. The van der Waals surface area contributed by atoms with Crippen LogP contribution in [0.15, 0.2) is 18.2 Å². The molecule has 0 aromatic heterocycles. The van der Waals surface area contributed by atoms with Crippen molar-refractivity contribution < 1.29 is 18.3 Å². The van der Waals surface area contributed by atoms with Crippen molar-refractivity contribution in [1.29, 1.82) is 0 Å². The third kappa shape index (κ3) is 6.59. The van der Waals surface area contributed by atoms with E-state index in [1.165, 1.54) is 0 Å². The van der Waals surface area contributed by atoms with E-state index in [9.17, 15) is 8.78 Å². The van der Waals surface area contributed by atoms with E-state index in [0.29, 0.717) is 11.4 Å². The summed E-state index contributed by atoms with van der Waals surface area (Å²) in [5.74, 6) is 0.724. The first-order valence-electron chi connectivity index (χ1n) is 7.01. The predicted molar refractivity (Wildman–Crippen MR) is 80.5 cm³/mol. The van der Waals surface area contributed by atoms with Crippen LogP contribution in [0.25, 0.3) is 0 Å². The molecule has 1 rings (SSSR count). The Morgan fingerprint density at radius 1 is 1.33 bits per heavy atom. The number of ether oxygens (including phenoxy) is 2. The van der Waals surface area contributed by atoms with Gasteiger partial charge >= 0.3 is 0 Å². The van der Waals surface area contributed by atoms with E-state index in [1.807, 2.05) is 6.07 Å². The Kier molecular flexibility index (Phi) is 8.57. The zero-order valence-corrected chi connectivity index (χ0v) is 13.1. The number of alkyl halides is 2. The Morgan fingerprint density at radius 2 is 2.10 bits per heavy atom. The molecule has 0 saturated carbocycles. The summed E-state index contributed by atoms with van der Waals surface area (Å²) < 4.78 is 34.5. The highest BCUT2D eigenvalue weighted by molar-refractivity contribution is 6.30. The minimum atomic E-state index is -2.44. The highest BCUT2D eigenvalue weighted by atomic mass is 35.5. The molecule has 0 aliphatic carbocycles. The van der Waals surface area contributed by atoms with Gasteiger partial charge in [0.25, 0.3) is 6.43 Å². The number of methoxy groups -OCH3 is 1. The molecule has 1 N–H and O–H groups in total. The van der Waals surface area contributed by atoms with Gasteiger partial charge in [-0.15, -0.1) is 0 Å². The van der Waals surface area contributed by atoms with E-state index < -0.39 is 13.0 Å². The van der Waals surface area contributed by atoms with Gasteiger partial charge in [-0.05, 0) is 37.6 Å². The lowest BCUT2D eigenvalue weighted by Crippen LogP contribution is -2.24. The van der Waals surface area contributed by atoms with Crippen LogP contribution in [0.2, 0.25) is 5.02 Å². The van der Waals surface area contributed by atoms with Crippen LogP contribution < -0.4 is 10.1 Å². The molecule has 0 aliphatic rings. The molecule has 0 saturated heterocycles. The topological polar surface area (TPSA) is 30.5 Å². The summed E-state index contributed by atoms with van der Waals surface area (Å²) in [7, 11) is 1.59. The molecular formula is C15H22ClF2NO2. The van der Waals surface area contributed by atoms with Crippen LogP contribution >= 0.6 is 11.6 Å². The van der Waals surface area contributed by atoms with Crippen molar-refractivity contribution in [3.05, 3.63) is 28.8 Å². The van der Waals surface area contributed by atoms with Crippen LogP contribution in [-0.2, 0) is 4.74 Å². The number of hydrogen-bond acceptors (Lipinski definition) is 3. The van der Waals surface area contributed by atoms with Crippen molar-refractivity contribution in [3.63, 3.8) is 0 Å². The molecule has 0 spiro atoms. The van der Waals surface area contributed by atoms with Gasteiger partial charge in [-0.1, -0.05) is 18.5 Å². The fourth-order valence-corrected chi connectivity index (χ4v) is 2.22. The monoisotopic (exact) mass is 321 g/mol. The summed E-state index contributed by atoms with van der Waals surface area (Å²) in [4.78, 5) is 0. The summed E-state index contributed by atoms with van der Waals surface area (Å²) in [5, 5.41) is 3.98. The van der Waals surface area contributed by atoms with Crippen molar-refractivity contribution in [2.75, 3.05) is 26.9 Å². The third-order valence-corrected chi connectivity index (χ3v) is 3.24. The van der Waals surface area contributed by atoms with Crippen LogP contribution in [0, 0.1) is 0 Å². The minimum absolute atomic E-state index is 0.0451. The molecule has 1 unspecified atom stereocenters. The van der Waals surface area contributed by atoms with Crippen molar-refractivity contribution in [3.8, 4) is 5.75 Å². The van der Waals surface area contributed by atoms with Gasteiger partial charge in [0.1, 0.15) is 12.4 Å². The normalized spacial score (nSPS) is 12.7. The van der Waals surface area contributed by atoms with Gasteiger partial charge in [0.05, 0.1) is 7.11 Å². The number of nitrogens with one attached hydrogen (secondary N) is 1. The maximum atomic E-state index is 12.1. The standard InChI is InChI=1S/C15H22ClF2NO2/c1-3-7-19-13(6-8-21-10-15(17)18)12-9-11(16)4-5-14(12)20-2/h4-5,9,13,15,19H,3,6-8,10H2,1-2H3. The predicted octanol–water partition coefficient (Wildman–Crippen LogP) is 4.06. The second kappa shape index (κ2) is 9.92. The van der Waals surface area contributed by atoms with Crippen LogP contribution in [-0.4, -0.2) is 33.3 Å². The Labute approximate surface area is 129 Å². The summed E-state index contributed by atoms with van der Waals surface area (Å²) in [6, 6.07) is 5.35. The Morgan fingerprint density at radius 3 is 2.71 bits per heavy atom. The highest BCUT2D eigenvalue weighted by Crippen LogP contribution is 2.30. The largest absolute Gasteiger partial charge is 0.496 e. The molecule has 120 valence electrons. The Hall–Kier alpha value is -0.910. The first kappa shape index (κ1) is 18.1. The van der Waals surface area contributed by atoms with Gasteiger partial charge < -0.3 is 14.8 Å². The minimum Gasteiger partial charge on any atom is -0.496 e. The first-order chi connectivity index (χ1) is 10.1. The zero-order chi connectivity index (χ0) is 15.7. The fourth-order valence-electron chi connectivity index (χ4n) is 2.04.